The van der Waals surface area contributed by atoms with Crippen molar-refractivity contribution in [2.24, 2.45) is 0 Å². The lowest BCUT2D eigenvalue weighted by atomic mass is 10.2. The third-order valence-corrected chi connectivity index (χ3v) is 4.98. The lowest BCUT2D eigenvalue weighted by Gasteiger charge is -2.17. The van der Waals surface area contributed by atoms with Gasteiger partial charge in [0.05, 0.1) is 10.9 Å². The fraction of sp³-hybridized carbons (Fsp3) is 0.333. The molecule has 0 atom stereocenters. The lowest BCUT2D eigenvalue weighted by Crippen LogP contribution is -2.24. The topological polar surface area (TPSA) is 91.0 Å². The molecule has 28 heavy (non-hydrogen) atoms. The first-order valence-electron chi connectivity index (χ1n) is 9.63. The van der Waals surface area contributed by atoms with E-state index in [1.807, 2.05) is 18.2 Å². The summed E-state index contributed by atoms with van der Waals surface area (Å²) in [6.45, 7) is 2.55. The molecule has 0 aliphatic carbocycles. The number of aromatic nitrogens is 3. The van der Waals surface area contributed by atoms with Gasteiger partial charge in [0.25, 0.3) is 5.56 Å². The van der Waals surface area contributed by atoms with E-state index in [1.54, 1.807) is 24.4 Å². The van der Waals surface area contributed by atoms with Gasteiger partial charge in [-0.1, -0.05) is 12.1 Å². The summed E-state index contributed by atoms with van der Waals surface area (Å²) >= 11 is 0. The summed E-state index contributed by atoms with van der Waals surface area (Å²) in [7, 11) is 0. The van der Waals surface area contributed by atoms with E-state index < -0.39 is 0 Å². The Balaban J connectivity index is 1.33. The van der Waals surface area contributed by atoms with Crippen LogP contribution in [0.2, 0.25) is 0 Å². The summed E-state index contributed by atoms with van der Waals surface area (Å²) < 4.78 is 0. The minimum atomic E-state index is -0.174. The van der Waals surface area contributed by atoms with Crippen LogP contribution in [0.1, 0.15) is 30.7 Å². The van der Waals surface area contributed by atoms with Crippen LogP contribution in [0, 0.1) is 0 Å². The zero-order valence-electron chi connectivity index (χ0n) is 15.6. The molecular weight excluding hydrogens is 354 g/mol. The molecule has 3 aromatic rings. The van der Waals surface area contributed by atoms with Crippen molar-refractivity contribution in [3.05, 3.63) is 64.3 Å². The highest BCUT2D eigenvalue weighted by atomic mass is 16.1. The van der Waals surface area contributed by atoms with Crippen molar-refractivity contribution in [2.75, 3.05) is 18.0 Å². The normalized spacial score (nSPS) is 13.8. The first kappa shape index (κ1) is 18.2. The Kier molecular flexibility index (Phi) is 5.32. The van der Waals surface area contributed by atoms with Gasteiger partial charge in [0.1, 0.15) is 11.6 Å². The number of aryl methyl sites for hydroxylation is 1. The number of H-pyrrole nitrogens is 1. The number of carbonyl (C=O) groups is 1. The summed E-state index contributed by atoms with van der Waals surface area (Å²) in [5, 5.41) is 3.49. The third kappa shape index (κ3) is 4.19. The van der Waals surface area contributed by atoms with E-state index in [4.69, 9.17) is 0 Å². The van der Waals surface area contributed by atoms with Crippen LogP contribution < -0.4 is 15.8 Å². The first-order chi connectivity index (χ1) is 13.7. The smallest absolute Gasteiger partial charge is 0.258 e. The molecule has 7 nitrogen and oxygen atoms in total. The summed E-state index contributed by atoms with van der Waals surface area (Å²) in [4.78, 5) is 38.2. The summed E-state index contributed by atoms with van der Waals surface area (Å²) in [5.41, 5.74) is 1.50. The molecule has 1 aliphatic heterocycles. The molecule has 1 saturated heterocycles. The Labute approximate surface area is 162 Å². The molecule has 0 saturated carbocycles. The first-order valence-corrected chi connectivity index (χ1v) is 9.63. The summed E-state index contributed by atoms with van der Waals surface area (Å²) in [6, 6.07) is 11.1. The number of nitrogens with one attached hydrogen (secondary N) is 2. The standard InChI is InChI=1S/C21H23N5O2/c27-20(8-7-18-24-17-6-2-1-5-16(17)21(28)25-18)23-14-15-9-10-22-19(13-15)26-11-3-4-12-26/h1-2,5-6,9-10,13H,3-4,7-8,11-12,14H2,(H,23,27)(H,24,25,28). The van der Waals surface area contributed by atoms with Gasteiger partial charge < -0.3 is 15.2 Å². The van der Waals surface area contributed by atoms with Crippen LogP contribution in [0.15, 0.2) is 47.4 Å². The van der Waals surface area contributed by atoms with Crippen LogP contribution in [0.25, 0.3) is 10.9 Å². The molecule has 3 heterocycles. The third-order valence-electron chi connectivity index (χ3n) is 4.98. The van der Waals surface area contributed by atoms with Gasteiger partial charge in [-0.2, -0.15) is 0 Å². The minimum absolute atomic E-state index is 0.0738. The van der Waals surface area contributed by atoms with Crippen LogP contribution in [0.5, 0.6) is 0 Å². The number of nitrogens with zero attached hydrogens (tertiary/aromatic N) is 3. The van der Waals surface area contributed by atoms with Crippen molar-refractivity contribution in [1.82, 2.24) is 20.3 Å². The van der Waals surface area contributed by atoms with Crippen LogP contribution in [0.3, 0.4) is 0 Å². The number of benzene rings is 1. The number of carbonyl (C=O) groups excluding carboxylic acids is 1. The highest BCUT2D eigenvalue weighted by Crippen LogP contribution is 2.18. The SMILES string of the molecule is O=C(CCc1nc2ccccc2c(=O)[nH]1)NCc1ccnc(N2CCCC2)c1. The molecule has 144 valence electrons. The van der Waals surface area contributed by atoms with E-state index in [0.29, 0.717) is 29.7 Å². The van der Waals surface area contributed by atoms with Gasteiger partial charge in [-0.3, -0.25) is 9.59 Å². The van der Waals surface area contributed by atoms with E-state index in [2.05, 4.69) is 25.2 Å². The molecule has 7 heteroatoms. The fourth-order valence-electron chi connectivity index (χ4n) is 3.46. The summed E-state index contributed by atoms with van der Waals surface area (Å²) in [5.74, 6) is 1.43. The quantitative estimate of drug-likeness (QED) is 0.687. The van der Waals surface area contributed by atoms with E-state index in [9.17, 15) is 9.59 Å². The van der Waals surface area contributed by atoms with Gasteiger partial charge in [0, 0.05) is 38.7 Å². The molecule has 2 N–H and O–H groups in total. The van der Waals surface area contributed by atoms with Crippen LogP contribution in [-0.2, 0) is 17.8 Å². The average Bonchev–Trinajstić information content (AvgIpc) is 3.26. The van der Waals surface area contributed by atoms with Gasteiger partial charge in [0.15, 0.2) is 0 Å². The maximum atomic E-state index is 12.2. The largest absolute Gasteiger partial charge is 0.357 e. The van der Waals surface area contributed by atoms with E-state index in [0.717, 1.165) is 24.5 Å². The number of pyridine rings is 1. The fourth-order valence-corrected chi connectivity index (χ4v) is 3.46. The van der Waals surface area contributed by atoms with Crippen molar-refractivity contribution in [2.45, 2.75) is 32.2 Å². The number of para-hydroxylation sites is 1. The second-order valence-corrected chi connectivity index (χ2v) is 7.02. The summed E-state index contributed by atoms with van der Waals surface area (Å²) in [6.07, 6.45) is 4.85. The molecule has 1 aliphatic rings. The number of fused-ring (bicyclic) bond motifs is 1. The number of hydrogen-bond donors (Lipinski definition) is 2. The Hall–Kier alpha value is -3.22. The minimum Gasteiger partial charge on any atom is -0.357 e. The predicted molar refractivity (Wildman–Crippen MR) is 108 cm³/mol. The zero-order chi connectivity index (χ0) is 19.3. The Morgan fingerprint density at radius 3 is 2.86 bits per heavy atom. The Bertz CT molecular complexity index is 1040. The van der Waals surface area contributed by atoms with E-state index in [-0.39, 0.29) is 17.9 Å². The maximum absolute atomic E-state index is 12.2. The second-order valence-electron chi connectivity index (χ2n) is 7.02. The highest BCUT2D eigenvalue weighted by molar-refractivity contribution is 5.78. The number of rotatable bonds is 6. The Morgan fingerprint density at radius 1 is 1.18 bits per heavy atom. The molecular formula is C21H23N5O2. The molecule has 1 amide bonds. The van der Waals surface area contributed by atoms with Crippen molar-refractivity contribution in [3.8, 4) is 0 Å². The zero-order valence-corrected chi connectivity index (χ0v) is 15.6. The molecule has 1 fully saturated rings. The molecule has 0 radical (unpaired) electrons. The van der Waals surface area contributed by atoms with Crippen LogP contribution in [-0.4, -0.2) is 33.9 Å². The predicted octanol–water partition coefficient (Wildman–Crippen LogP) is 2.17. The van der Waals surface area contributed by atoms with Gasteiger partial charge in [-0.25, -0.2) is 9.97 Å². The number of aromatic amines is 1. The molecule has 1 aromatic carbocycles. The monoisotopic (exact) mass is 377 g/mol. The van der Waals surface area contributed by atoms with Crippen molar-refractivity contribution in [3.63, 3.8) is 0 Å². The highest BCUT2D eigenvalue weighted by Gasteiger charge is 2.14. The molecule has 4 rings (SSSR count). The number of hydrogen-bond acceptors (Lipinski definition) is 5. The maximum Gasteiger partial charge on any atom is 0.258 e. The van der Waals surface area contributed by atoms with Gasteiger partial charge in [-0.15, -0.1) is 0 Å². The van der Waals surface area contributed by atoms with Crippen molar-refractivity contribution in [1.29, 1.82) is 0 Å². The lowest BCUT2D eigenvalue weighted by molar-refractivity contribution is -0.121. The molecule has 2 aromatic heterocycles. The van der Waals surface area contributed by atoms with Gasteiger partial charge in [0.2, 0.25) is 5.91 Å². The van der Waals surface area contributed by atoms with Crippen LogP contribution in [0.4, 0.5) is 5.82 Å². The molecule has 0 unspecified atom stereocenters. The Morgan fingerprint density at radius 2 is 2.00 bits per heavy atom. The molecule has 0 spiro atoms. The number of anilines is 1. The second kappa shape index (κ2) is 8.21. The van der Waals surface area contributed by atoms with E-state index in [1.165, 1.54) is 12.8 Å². The van der Waals surface area contributed by atoms with Gasteiger partial charge >= 0.3 is 0 Å². The van der Waals surface area contributed by atoms with Crippen molar-refractivity contribution >= 4 is 22.6 Å². The van der Waals surface area contributed by atoms with Gasteiger partial charge in [-0.05, 0) is 42.7 Å². The van der Waals surface area contributed by atoms with Crippen LogP contribution >= 0.6 is 0 Å². The number of amides is 1. The average molecular weight is 377 g/mol. The molecule has 0 bridgehead atoms. The van der Waals surface area contributed by atoms with E-state index >= 15 is 0 Å². The van der Waals surface area contributed by atoms with Crippen molar-refractivity contribution < 1.29 is 4.79 Å².